The maximum Gasteiger partial charge on any atom is 0.261 e. The molecule has 2 atom stereocenters. The Morgan fingerprint density at radius 1 is 1.21 bits per heavy atom. The van der Waals surface area contributed by atoms with Gasteiger partial charge < -0.3 is 15.5 Å². The highest BCUT2D eigenvalue weighted by atomic mass is 16.1. The van der Waals surface area contributed by atoms with E-state index in [2.05, 4.69) is 46.4 Å². The van der Waals surface area contributed by atoms with Gasteiger partial charge in [-0.1, -0.05) is 19.1 Å². The van der Waals surface area contributed by atoms with E-state index in [4.69, 9.17) is 0 Å². The molecule has 0 aliphatic carbocycles. The van der Waals surface area contributed by atoms with E-state index in [0.717, 1.165) is 36.7 Å². The summed E-state index contributed by atoms with van der Waals surface area (Å²) in [7, 11) is 0. The number of carbonyl (C=O) groups is 1. The molecule has 2 N–H and O–H groups in total. The standard InChI is InChI=1S/C22H28N6O/c1-5-17-6-8-18(9-7-17)26-22(29)19-11-23-28-20(10-14(2)25-21(19)28)27-12-15(3)24-16(4)13-27/h6-11,15-16,24H,5,12-13H2,1-4H3,(H,26,29). The molecule has 3 heterocycles. The van der Waals surface area contributed by atoms with E-state index in [9.17, 15) is 4.79 Å². The van der Waals surface area contributed by atoms with Gasteiger partial charge in [-0.2, -0.15) is 9.61 Å². The molecule has 29 heavy (non-hydrogen) atoms. The van der Waals surface area contributed by atoms with E-state index in [1.165, 1.54) is 5.56 Å². The summed E-state index contributed by atoms with van der Waals surface area (Å²) >= 11 is 0. The number of carbonyl (C=O) groups excluding carboxylic acids is 1. The van der Waals surface area contributed by atoms with Gasteiger partial charge in [-0.3, -0.25) is 4.79 Å². The van der Waals surface area contributed by atoms with Crippen LogP contribution in [-0.4, -0.2) is 45.7 Å². The number of hydrogen-bond acceptors (Lipinski definition) is 5. The zero-order chi connectivity index (χ0) is 20.5. The van der Waals surface area contributed by atoms with Crippen LogP contribution in [0.4, 0.5) is 11.5 Å². The van der Waals surface area contributed by atoms with Crippen molar-refractivity contribution in [2.24, 2.45) is 0 Å². The Morgan fingerprint density at radius 3 is 2.55 bits per heavy atom. The van der Waals surface area contributed by atoms with Crippen LogP contribution in [0.3, 0.4) is 0 Å². The van der Waals surface area contributed by atoms with E-state index in [-0.39, 0.29) is 5.91 Å². The summed E-state index contributed by atoms with van der Waals surface area (Å²) in [6.07, 6.45) is 2.58. The van der Waals surface area contributed by atoms with Crippen LogP contribution in [0.15, 0.2) is 36.5 Å². The minimum atomic E-state index is -0.199. The van der Waals surface area contributed by atoms with Crippen LogP contribution in [-0.2, 0) is 6.42 Å². The second-order valence-electron chi connectivity index (χ2n) is 7.93. The fraction of sp³-hybridized carbons (Fsp3) is 0.409. The Morgan fingerprint density at radius 2 is 1.90 bits per heavy atom. The first-order valence-electron chi connectivity index (χ1n) is 10.2. The molecular weight excluding hydrogens is 364 g/mol. The number of anilines is 2. The zero-order valence-corrected chi connectivity index (χ0v) is 17.4. The largest absolute Gasteiger partial charge is 0.353 e. The number of aryl methyl sites for hydroxylation is 2. The summed E-state index contributed by atoms with van der Waals surface area (Å²) in [4.78, 5) is 19.8. The van der Waals surface area contributed by atoms with E-state index < -0.39 is 0 Å². The number of aromatic nitrogens is 3. The quantitative estimate of drug-likeness (QED) is 0.714. The summed E-state index contributed by atoms with van der Waals surface area (Å²) < 4.78 is 1.78. The molecule has 4 rings (SSSR count). The second kappa shape index (κ2) is 7.83. The predicted octanol–water partition coefficient (Wildman–Crippen LogP) is 3.04. The second-order valence-corrected chi connectivity index (χ2v) is 7.93. The first-order chi connectivity index (χ1) is 13.9. The zero-order valence-electron chi connectivity index (χ0n) is 17.4. The van der Waals surface area contributed by atoms with E-state index in [1.54, 1.807) is 10.7 Å². The van der Waals surface area contributed by atoms with Crippen molar-refractivity contribution in [2.45, 2.75) is 46.2 Å². The van der Waals surface area contributed by atoms with Crippen molar-refractivity contribution in [3.63, 3.8) is 0 Å². The van der Waals surface area contributed by atoms with E-state index in [1.807, 2.05) is 37.3 Å². The molecule has 1 saturated heterocycles. The lowest BCUT2D eigenvalue weighted by Crippen LogP contribution is -2.54. The number of nitrogens with zero attached hydrogens (tertiary/aromatic N) is 4. The summed E-state index contributed by atoms with van der Waals surface area (Å²) in [5.41, 5.74) is 3.94. The number of benzene rings is 1. The number of nitrogens with one attached hydrogen (secondary N) is 2. The van der Waals surface area contributed by atoms with Crippen molar-refractivity contribution in [2.75, 3.05) is 23.3 Å². The predicted molar refractivity (Wildman–Crippen MR) is 116 cm³/mol. The van der Waals surface area contributed by atoms with E-state index >= 15 is 0 Å². The minimum absolute atomic E-state index is 0.199. The van der Waals surface area contributed by atoms with Crippen molar-refractivity contribution < 1.29 is 4.79 Å². The molecule has 2 unspecified atom stereocenters. The number of rotatable bonds is 4. The molecule has 3 aromatic rings. The number of hydrogen-bond donors (Lipinski definition) is 2. The van der Waals surface area contributed by atoms with Crippen LogP contribution in [0.1, 0.15) is 42.4 Å². The molecule has 7 heteroatoms. The Bertz CT molecular complexity index is 1020. The maximum atomic E-state index is 12.9. The van der Waals surface area contributed by atoms with Gasteiger partial charge in [0.1, 0.15) is 11.4 Å². The van der Waals surface area contributed by atoms with Crippen LogP contribution in [0, 0.1) is 6.92 Å². The van der Waals surface area contributed by atoms with Crippen molar-refractivity contribution >= 4 is 23.1 Å². The van der Waals surface area contributed by atoms with Gasteiger partial charge in [-0.25, -0.2) is 4.98 Å². The van der Waals surface area contributed by atoms with E-state index in [0.29, 0.717) is 23.3 Å². The fourth-order valence-corrected chi connectivity index (χ4v) is 3.99. The third-order valence-corrected chi connectivity index (χ3v) is 5.33. The van der Waals surface area contributed by atoms with Gasteiger partial charge in [0.05, 0.1) is 6.20 Å². The van der Waals surface area contributed by atoms with Crippen molar-refractivity contribution in [3.8, 4) is 0 Å². The molecular formula is C22H28N6O. The average molecular weight is 393 g/mol. The Hall–Kier alpha value is -2.93. The molecule has 1 aromatic carbocycles. The van der Waals surface area contributed by atoms with Crippen molar-refractivity contribution in [1.29, 1.82) is 0 Å². The first-order valence-corrected chi connectivity index (χ1v) is 10.2. The highest BCUT2D eigenvalue weighted by Crippen LogP contribution is 2.22. The van der Waals surface area contributed by atoms with Crippen molar-refractivity contribution in [1.82, 2.24) is 19.9 Å². The van der Waals surface area contributed by atoms with Crippen molar-refractivity contribution in [3.05, 3.63) is 53.3 Å². The van der Waals surface area contributed by atoms with Crippen LogP contribution >= 0.6 is 0 Å². The lowest BCUT2D eigenvalue weighted by Gasteiger charge is -2.37. The summed E-state index contributed by atoms with van der Waals surface area (Å²) in [5.74, 6) is 0.773. The molecule has 1 fully saturated rings. The number of piperazine rings is 1. The lowest BCUT2D eigenvalue weighted by atomic mass is 10.1. The topological polar surface area (TPSA) is 74.6 Å². The van der Waals surface area contributed by atoms with Crippen LogP contribution in [0.2, 0.25) is 0 Å². The monoisotopic (exact) mass is 392 g/mol. The maximum absolute atomic E-state index is 12.9. The molecule has 2 aromatic heterocycles. The third kappa shape index (κ3) is 3.96. The molecule has 7 nitrogen and oxygen atoms in total. The Balaban J connectivity index is 1.66. The Kier molecular flexibility index (Phi) is 5.24. The molecule has 1 amide bonds. The summed E-state index contributed by atoms with van der Waals surface area (Å²) in [6.45, 7) is 10.2. The van der Waals surface area contributed by atoms with Gasteiger partial charge >= 0.3 is 0 Å². The summed E-state index contributed by atoms with van der Waals surface area (Å²) in [6, 6.07) is 10.7. The van der Waals surface area contributed by atoms with Gasteiger partial charge in [0.25, 0.3) is 5.91 Å². The molecule has 0 spiro atoms. The average Bonchev–Trinajstić information content (AvgIpc) is 3.11. The molecule has 152 valence electrons. The van der Waals surface area contributed by atoms with Crippen LogP contribution in [0.5, 0.6) is 0 Å². The normalized spacial score (nSPS) is 19.5. The molecule has 0 saturated carbocycles. The summed E-state index contributed by atoms with van der Waals surface area (Å²) in [5, 5.41) is 11.0. The molecule has 0 radical (unpaired) electrons. The Labute approximate surface area is 171 Å². The van der Waals surface area contributed by atoms with Crippen LogP contribution in [0.25, 0.3) is 5.65 Å². The number of amides is 1. The van der Waals surface area contributed by atoms with Crippen LogP contribution < -0.4 is 15.5 Å². The third-order valence-electron chi connectivity index (χ3n) is 5.33. The highest BCUT2D eigenvalue weighted by molar-refractivity contribution is 6.08. The van der Waals surface area contributed by atoms with Gasteiger partial charge in [0.15, 0.2) is 5.65 Å². The number of fused-ring (bicyclic) bond motifs is 1. The van der Waals surface area contributed by atoms with Gasteiger partial charge in [-0.05, 0) is 44.9 Å². The van der Waals surface area contributed by atoms with Gasteiger partial charge in [0.2, 0.25) is 0 Å². The van der Waals surface area contributed by atoms with Gasteiger partial charge in [0, 0.05) is 42.6 Å². The first kappa shape index (κ1) is 19.4. The fourth-order valence-electron chi connectivity index (χ4n) is 3.99. The van der Waals surface area contributed by atoms with Gasteiger partial charge in [-0.15, -0.1) is 0 Å². The highest BCUT2D eigenvalue weighted by Gasteiger charge is 2.25. The molecule has 1 aliphatic heterocycles. The SMILES string of the molecule is CCc1ccc(NC(=O)c2cnn3c(N4CC(C)NC(C)C4)cc(C)nc23)cc1. The lowest BCUT2D eigenvalue weighted by molar-refractivity contribution is 0.102. The minimum Gasteiger partial charge on any atom is -0.353 e. The smallest absolute Gasteiger partial charge is 0.261 e. The molecule has 1 aliphatic rings. The molecule has 0 bridgehead atoms.